The quantitative estimate of drug-likeness (QED) is 0.540. The number of allylic oxidation sites excluding steroid dienone is 2. The fraction of sp³-hybridized carbons (Fsp3) is 0.600. The summed E-state index contributed by atoms with van der Waals surface area (Å²) in [7, 11) is -3.91. The summed E-state index contributed by atoms with van der Waals surface area (Å²) < 4.78 is 29.6. The van der Waals surface area contributed by atoms with Crippen LogP contribution in [0.3, 0.4) is 0 Å². The van der Waals surface area contributed by atoms with Gasteiger partial charge in [0.2, 0.25) is 0 Å². The van der Waals surface area contributed by atoms with E-state index in [1.54, 1.807) is 19.1 Å². The average Bonchev–Trinajstić information content (AvgIpc) is 2.00. The fourth-order valence-electron chi connectivity index (χ4n) is 1.15. The Hall–Kier alpha value is -0.650. The van der Waals surface area contributed by atoms with E-state index in [0.717, 1.165) is 12.0 Å². The minimum absolute atomic E-state index is 0.0273. The zero-order chi connectivity index (χ0) is 11.9. The fourth-order valence-corrected chi connectivity index (χ4v) is 1.84. The summed E-state index contributed by atoms with van der Waals surface area (Å²) in [6.45, 7) is 3.60. The molecule has 0 radical (unpaired) electrons. The largest absolute Gasteiger partial charge is 0.392 e. The van der Waals surface area contributed by atoms with Gasteiger partial charge in [0.25, 0.3) is 10.1 Å². The monoisotopic (exact) mass is 234 g/mol. The molecule has 0 rings (SSSR count). The van der Waals surface area contributed by atoms with Crippen LogP contribution >= 0.6 is 0 Å². The number of aliphatic hydroxyl groups excluding tert-OH is 1. The highest BCUT2D eigenvalue weighted by Gasteiger charge is 2.04. The van der Waals surface area contributed by atoms with Crippen LogP contribution < -0.4 is 0 Å². The van der Waals surface area contributed by atoms with Crippen LogP contribution in [0.1, 0.15) is 26.7 Å². The van der Waals surface area contributed by atoms with Crippen LogP contribution in [-0.4, -0.2) is 30.4 Å². The van der Waals surface area contributed by atoms with Gasteiger partial charge >= 0.3 is 0 Å². The predicted molar refractivity (Wildman–Crippen MR) is 60.2 cm³/mol. The Morgan fingerprint density at radius 2 is 1.80 bits per heavy atom. The molecule has 4 nitrogen and oxygen atoms in total. The van der Waals surface area contributed by atoms with Crippen molar-refractivity contribution in [2.24, 2.45) is 0 Å². The minimum Gasteiger partial charge on any atom is -0.392 e. The van der Waals surface area contributed by atoms with E-state index in [4.69, 9.17) is 9.66 Å². The normalized spacial score (nSPS) is 14.4. The Kier molecular flexibility index (Phi) is 6.47. The van der Waals surface area contributed by atoms with E-state index in [-0.39, 0.29) is 12.4 Å². The van der Waals surface area contributed by atoms with Gasteiger partial charge in [0.1, 0.15) is 0 Å². The molecule has 0 aliphatic carbocycles. The highest BCUT2D eigenvalue weighted by molar-refractivity contribution is 7.85. The van der Waals surface area contributed by atoms with Crippen LogP contribution in [0, 0.1) is 0 Å². The number of rotatable bonds is 6. The number of aliphatic hydroxyl groups is 1. The van der Waals surface area contributed by atoms with Crippen LogP contribution in [0.2, 0.25) is 0 Å². The van der Waals surface area contributed by atoms with Crippen molar-refractivity contribution in [3.05, 3.63) is 23.3 Å². The first-order valence-electron chi connectivity index (χ1n) is 4.72. The molecule has 0 aliphatic rings. The molecule has 0 aliphatic heterocycles. The molecule has 0 saturated carbocycles. The molecule has 0 heterocycles. The van der Waals surface area contributed by atoms with Gasteiger partial charge < -0.3 is 5.11 Å². The Bertz CT molecular complexity index is 338. The summed E-state index contributed by atoms with van der Waals surface area (Å²) in [5, 5.41) is 8.59. The average molecular weight is 234 g/mol. The van der Waals surface area contributed by atoms with Crippen LogP contribution in [0.25, 0.3) is 0 Å². The lowest BCUT2D eigenvalue weighted by Crippen LogP contribution is -2.04. The highest BCUT2D eigenvalue weighted by Crippen LogP contribution is 2.07. The van der Waals surface area contributed by atoms with Gasteiger partial charge in [-0.15, -0.1) is 0 Å². The van der Waals surface area contributed by atoms with Crippen molar-refractivity contribution in [3.63, 3.8) is 0 Å². The predicted octanol–water partition coefficient (Wildman–Crippen LogP) is 1.54. The molecule has 2 N–H and O–H groups in total. The van der Waals surface area contributed by atoms with Crippen molar-refractivity contribution in [2.45, 2.75) is 26.7 Å². The lowest BCUT2D eigenvalue weighted by Gasteiger charge is -1.99. The zero-order valence-electron chi connectivity index (χ0n) is 9.10. The molecule has 0 aromatic carbocycles. The van der Waals surface area contributed by atoms with Crippen molar-refractivity contribution in [3.8, 4) is 0 Å². The van der Waals surface area contributed by atoms with Crippen LogP contribution in [0.5, 0.6) is 0 Å². The Morgan fingerprint density at radius 3 is 2.27 bits per heavy atom. The molecule has 0 aromatic rings. The molecule has 0 unspecified atom stereocenters. The van der Waals surface area contributed by atoms with E-state index in [2.05, 4.69) is 0 Å². The summed E-state index contributed by atoms with van der Waals surface area (Å²) in [4.78, 5) is 0. The Morgan fingerprint density at radius 1 is 1.20 bits per heavy atom. The van der Waals surface area contributed by atoms with Gasteiger partial charge in [-0.25, -0.2) is 0 Å². The van der Waals surface area contributed by atoms with E-state index in [0.29, 0.717) is 12.0 Å². The third kappa shape index (κ3) is 9.65. The second-order valence-corrected chi connectivity index (χ2v) is 5.00. The molecule has 0 saturated heterocycles. The third-order valence-electron chi connectivity index (χ3n) is 1.88. The van der Waals surface area contributed by atoms with Gasteiger partial charge in [-0.1, -0.05) is 23.3 Å². The smallest absolute Gasteiger partial charge is 0.268 e. The molecule has 5 heteroatoms. The van der Waals surface area contributed by atoms with Crippen molar-refractivity contribution < 1.29 is 18.1 Å². The maximum absolute atomic E-state index is 10.5. The van der Waals surface area contributed by atoms with Crippen molar-refractivity contribution in [2.75, 3.05) is 12.4 Å². The van der Waals surface area contributed by atoms with Crippen LogP contribution in [0.15, 0.2) is 23.3 Å². The molecular weight excluding hydrogens is 216 g/mol. The molecule has 0 fully saturated rings. The van der Waals surface area contributed by atoms with E-state index in [1.807, 2.05) is 6.92 Å². The Labute approximate surface area is 91.1 Å². The summed E-state index contributed by atoms with van der Waals surface area (Å²) in [5.74, 6) is -0.310. The van der Waals surface area contributed by atoms with Crippen LogP contribution in [-0.2, 0) is 10.1 Å². The highest BCUT2D eigenvalue weighted by atomic mass is 32.2. The molecule has 15 heavy (non-hydrogen) atoms. The maximum atomic E-state index is 10.5. The third-order valence-corrected chi connectivity index (χ3v) is 2.70. The SMILES string of the molecule is CC(=CCC/C(C)=C/CO)CS(=O)(=O)O. The van der Waals surface area contributed by atoms with E-state index in [9.17, 15) is 8.42 Å². The molecule has 88 valence electrons. The van der Waals surface area contributed by atoms with Gasteiger partial charge in [0.15, 0.2) is 0 Å². The first kappa shape index (κ1) is 14.3. The zero-order valence-corrected chi connectivity index (χ0v) is 9.92. The van der Waals surface area contributed by atoms with Crippen LogP contribution in [0.4, 0.5) is 0 Å². The number of hydrogen-bond donors (Lipinski definition) is 2. The Balaban J connectivity index is 4.03. The van der Waals surface area contributed by atoms with Crippen molar-refractivity contribution in [1.82, 2.24) is 0 Å². The van der Waals surface area contributed by atoms with Gasteiger partial charge in [-0.2, -0.15) is 8.42 Å². The van der Waals surface area contributed by atoms with Gasteiger partial charge in [0.05, 0.1) is 12.4 Å². The lowest BCUT2D eigenvalue weighted by molar-refractivity contribution is 0.341. The first-order valence-corrected chi connectivity index (χ1v) is 6.33. The minimum atomic E-state index is -3.91. The van der Waals surface area contributed by atoms with E-state index >= 15 is 0 Å². The van der Waals surface area contributed by atoms with Gasteiger partial charge in [-0.3, -0.25) is 4.55 Å². The van der Waals surface area contributed by atoms with Gasteiger partial charge in [-0.05, 0) is 26.7 Å². The topological polar surface area (TPSA) is 74.6 Å². The summed E-state index contributed by atoms with van der Waals surface area (Å²) in [5.41, 5.74) is 1.70. The van der Waals surface area contributed by atoms with E-state index in [1.165, 1.54) is 0 Å². The molecule has 0 atom stereocenters. The summed E-state index contributed by atoms with van der Waals surface area (Å²) in [6, 6.07) is 0. The molecular formula is C10H18O4S. The lowest BCUT2D eigenvalue weighted by atomic mass is 10.1. The second-order valence-electron chi connectivity index (χ2n) is 3.55. The molecule has 0 spiro atoms. The maximum Gasteiger partial charge on any atom is 0.268 e. The molecule has 0 bridgehead atoms. The first-order chi connectivity index (χ1) is 6.85. The molecule has 0 amide bonds. The molecule has 0 aromatic heterocycles. The van der Waals surface area contributed by atoms with Crippen molar-refractivity contribution >= 4 is 10.1 Å². The standard InChI is InChI=1S/C10H18O4S/c1-9(6-7-11)4-3-5-10(2)8-15(12,13)14/h5-6,11H,3-4,7-8H2,1-2H3,(H,12,13,14)/b9-6+,10-5?. The van der Waals surface area contributed by atoms with Crippen molar-refractivity contribution in [1.29, 1.82) is 0 Å². The van der Waals surface area contributed by atoms with Gasteiger partial charge in [0, 0.05) is 0 Å². The van der Waals surface area contributed by atoms with E-state index < -0.39 is 10.1 Å². The summed E-state index contributed by atoms with van der Waals surface area (Å²) >= 11 is 0. The summed E-state index contributed by atoms with van der Waals surface area (Å²) in [6.07, 6.45) is 4.99. The second kappa shape index (κ2) is 6.76. The number of hydrogen-bond acceptors (Lipinski definition) is 3.